The first-order valence-electron chi connectivity index (χ1n) is 9.97. The second-order valence-corrected chi connectivity index (χ2v) is 7.68. The Hall–Kier alpha value is -4.14. The van der Waals surface area contributed by atoms with Crippen molar-refractivity contribution in [3.63, 3.8) is 0 Å². The molecule has 1 aromatic carbocycles. The molecule has 0 bridgehead atoms. The summed E-state index contributed by atoms with van der Waals surface area (Å²) in [5.74, 6) is 0.452. The van der Waals surface area contributed by atoms with E-state index >= 15 is 0 Å². The van der Waals surface area contributed by atoms with Gasteiger partial charge in [-0.2, -0.15) is 0 Å². The van der Waals surface area contributed by atoms with Gasteiger partial charge in [-0.1, -0.05) is 11.2 Å². The largest absolute Gasteiger partial charge is 0.466 e. The Kier molecular flexibility index (Phi) is 5.40. The number of furan rings is 1. The van der Waals surface area contributed by atoms with Gasteiger partial charge in [0.15, 0.2) is 0 Å². The van der Waals surface area contributed by atoms with Gasteiger partial charge in [0.1, 0.15) is 11.5 Å². The molecule has 0 fully saturated rings. The van der Waals surface area contributed by atoms with Gasteiger partial charge < -0.3 is 13.8 Å². The summed E-state index contributed by atoms with van der Waals surface area (Å²) in [5.41, 5.74) is 8.53. The van der Waals surface area contributed by atoms with Crippen LogP contribution in [-0.4, -0.2) is 36.1 Å². The van der Waals surface area contributed by atoms with Crippen molar-refractivity contribution in [3.8, 4) is 11.3 Å². The third kappa shape index (κ3) is 3.92. The van der Waals surface area contributed by atoms with Crippen LogP contribution in [-0.2, 0) is 0 Å². The Morgan fingerprint density at radius 2 is 1.75 bits per heavy atom. The number of hydrazine groups is 1. The number of pyridine rings is 1. The van der Waals surface area contributed by atoms with Gasteiger partial charge in [0.2, 0.25) is 0 Å². The normalized spacial score (nSPS) is 10.9. The molecular weight excluding hydrogens is 410 g/mol. The van der Waals surface area contributed by atoms with Crippen molar-refractivity contribution >= 4 is 28.6 Å². The Balaban J connectivity index is 1.63. The lowest BCUT2D eigenvalue weighted by Crippen LogP contribution is -2.41. The molecule has 4 rings (SSSR count). The molecule has 0 atom stereocenters. The first kappa shape index (κ1) is 21.1. The van der Waals surface area contributed by atoms with Crippen molar-refractivity contribution in [2.24, 2.45) is 0 Å². The van der Waals surface area contributed by atoms with Crippen molar-refractivity contribution < 1.29 is 18.5 Å². The molecule has 0 aliphatic heterocycles. The standard InChI is InChI=1S/C23H23N5O4/c1-12-9-17(14(3)31-12)19-11-18(20-13(2)27-32-23(20)24-19)22(30)26-25-21(29)15-7-6-8-16(10-15)28(4)5/h6-11H,1-5H3,(H,25,29)(H,26,30). The van der Waals surface area contributed by atoms with E-state index in [1.807, 2.05) is 45.0 Å². The second kappa shape index (κ2) is 8.18. The molecule has 2 amide bonds. The predicted molar refractivity (Wildman–Crippen MR) is 119 cm³/mol. The van der Waals surface area contributed by atoms with E-state index in [0.29, 0.717) is 28.1 Å². The van der Waals surface area contributed by atoms with Gasteiger partial charge in [-0.05, 0) is 51.1 Å². The minimum atomic E-state index is -0.514. The number of aryl methyl sites for hydroxylation is 3. The first-order valence-corrected chi connectivity index (χ1v) is 9.97. The van der Waals surface area contributed by atoms with Gasteiger partial charge in [-0.15, -0.1) is 0 Å². The summed E-state index contributed by atoms with van der Waals surface area (Å²) in [6, 6.07) is 10.6. The summed E-state index contributed by atoms with van der Waals surface area (Å²) < 4.78 is 10.9. The summed E-state index contributed by atoms with van der Waals surface area (Å²) in [5, 5.41) is 4.42. The number of hydrogen-bond donors (Lipinski definition) is 2. The smallest absolute Gasteiger partial charge is 0.270 e. The number of anilines is 1. The SMILES string of the molecule is Cc1cc(-c2cc(C(=O)NNC(=O)c3cccc(N(C)C)c3)c3c(C)noc3n2)c(C)o1. The highest BCUT2D eigenvalue weighted by atomic mass is 16.5. The Morgan fingerprint density at radius 3 is 2.44 bits per heavy atom. The van der Waals surface area contributed by atoms with E-state index in [1.165, 1.54) is 0 Å². The molecule has 0 aliphatic rings. The molecule has 0 unspecified atom stereocenters. The Bertz CT molecular complexity index is 1340. The molecule has 0 radical (unpaired) electrons. The van der Waals surface area contributed by atoms with Crippen LogP contribution in [0.4, 0.5) is 5.69 Å². The van der Waals surface area contributed by atoms with Crippen LogP contribution in [0.2, 0.25) is 0 Å². The van der Waals surface area contributed by atoms with E-state index in [2.05, 4.69) is 21.0 Å². The number of nitrogens with zero attached hydrogens (tertiary/aromatic N) is 3. The zero-order chi connectivity index (χ0) is 23.0. The molecule has 9 nitrogen and oxygen atoms in total. The molecule has 0 saturated heterocycles. The minimum absolute atomic E-state index is 0.230. The second-order valence-electron chi connectivity index (χ2n) is 7.68. The highest BCUT2D eigenvalue weighted by Gasteiger charge is 2.21. The Morgan fingerprint density at radius 1 is 1.00 bits per heavy atom. The van der Waals surface area contributed by atoms with Gasteiger partial charge in [-0.3, -0.25) is 20.4 Å². The number of carbonyl (C=O) groups is 2. The molecule has 2 N–H and O–H groups in total. The van der Waals surface area contributed by atoms with E-state index in [4.69, 9.17) is 8.94 Å². The van der Waals surface area contributed by atoms with Crippen LogP contribution in [0.25, 0.3) is 22.4 Å². The fourth-order valence-corrected chi connectivity index (χ4v) is 3.48. The van der Waals surface area contributed by atoms with E-state index < -0.39 is 11.8 Å². The number of benzene rings is 1. The van der Waals surface area contributed by atoms with Crippen molar-refractivity contribution in [1.29, 1.82) is 0 Å². The van der Waals surface area contributed by atoms with E-state index in [1.54, 1.807) is 31.2 Å². The monoisotopic (exact) mass is 433 g/mol. The molecule has 0 spiro atoms. The molecule has 3 heterocycles. The summed E-state index contributed by atoms with van der Waals surface area (Å²) >= 11 is 0. The van der Waals surface area contributed by atoms with Crippen molar-refractivity contribution in [2.75, 3.05) is 19.0 Å². The zero-order valence-corrected chi connectivity index (χ0v) is 18.4. The van der Waals surface area contributed by atoms with E-state index in [-0.39, 0.29) is 11.3 Å². The third-order valence-corrected chi connectivity index (χ3v) is 5.09. The highest BCUT2D eigenvalue weighted by Crippen LogP contribution is 2.30. The summed E-state index contributed by atoms with van der Waals surface area (Å²) in [7, 11) is 3.77. The maximum Gasteiger partial charge on any atom is 0.270 e. The molecule has 32 heavy (non-hydrogen) atoms. The van der Waals surface area contributed by atoms with Crippen molar-refractivity contribution in [1.82, 2.24) is 21.0 Å². The number of carbonyl (C=O) groups excluding carboxylic acids is 2. The zero-order valence-electron chi connectivity index (χ0n) is 18.4. The summed E-state index contributed by atoms with van der Waals surface area (Å²) in [4.78, 5) is 32.0. The molecule has 0 saturated carbocycles. The van der Waals surface area contributed by atoms with Crippen molar-refractivity contribution in [3.05, 3.63) is 64.7 Å². The van der Waals surface area contributed by atoms with Gasteiger partial charge in [0, 0.05) is 30.9 Å². The molecule has 0 aliphatic carbocycles. The lowest BCUT2D eigenvalue weighted by atomic mass is 10.1. The topological polar surface area (TPSA) is 114 Å². The molecule has 4 aromatic rings. The average molecular weight is 433 g/mol. The third-order valence-electron chi connectivity index (χ3n) is 5.09. The van der Waals surface area contributed by atoms with Gasteiger partial charge in [0.05, 0.1) is 22.3 Å². The number of amides is 2. The van der Waals surface area contributed by atoms with Crippen LogP contribution in [0.5, 0.6) is 0 Å². The number of aromatic nitrogens is 2. The van der Waals surface area contributed by atoms with Crippen LogP contribution in [0.1, 0.15) is 37.9 Å². The number of fused-ring (bicyclic) bond motifs is 1. The van der Waals surface area contributed by atoms with Gasteiger partial charge >= 0.3 is 0 Å². The first-order chi connectivity index (χ1) is 15.2. The Labute approximate surface area is 184 Å². The van der Waals surface area contributed by atoms with E-state index in [9.17, 15) is 9.59 Å². The van der Waals surface area contributed by atoms with Gasteiger partial charge in [0.25, 0.3) is 17.5 Å². The molecular formula is C23H23N5O4. The van der Waals surface area contributed by atoms with Crippen molar-refractivity contribution in [2.45, 2.75) is 20.8 Å². The molecule has 3 aromatic heterocycles. The highest BCUT2D eigenvalue weighted by molar-refractivity contribution is 6.08. The van der Waals surface area contributed by atoms with Crippen LogP contribution in [0, 0.1) is 20.8 Å². The fourth-order valence-electron chi connectivity index (χ4n) is 3.48. The maximum absolute atomic E-state index is 13.0. The quantitative estimate of drug-likeness (QED) is 0.473. The van der Waals surface area contributed by atoms with Gasteiger partial charge in [-0.25, -0.2) is 4.98 Å². The van der Waals surface area contributed by atoms with Crippen LogP contribution in [0.15, 0.2) is 45.3 Å². The lowest BCUT2D eigenvalue weighted by molar-refractivity contribution is 0.0847. The molecule has 9 heteroatoms. The van der Waals surface area contributed by atoms with Crippen LogP contribution >= 0.6 is 0 Å². The fraction of sp³-hybridized carbons (Fsp3) is 0.217. The molecule has 164 valence electrons. The number of nitrogens with one attached hydrogen (secondary N) is 2. The average Bonchev–Trinajstić information content (AvgIpc) is 3.32. The minimum Gasteiger partial charge on any atom is -0.466 e. The summed E-state index contributed by atoms with van der Waals surface area (Å²) in [6.45, 7) is 5.38. The van der Waals surface area contributed by atoms with Crippen LogP contribution < -0.4 is 15.8 Å². The number of hydrogen-bond acceptors (Lipinski definition) is 7. The predicted octanol–water partition coefficient (Wildman–Crippen LogP) is 3.55. The van der Waals surface area contributed by atoms with Crippen LogP contribution in [0.3, 0.4) is 0 Å². The maximum atomic E-state index is 13.0. The lowest BCUT2D eigenvalue weighted by Gasteiger charge is -2.14. The summed E-state index contributed by atoms with van der Waals surface area (Å²) in [6.07, 6.45) is 0. The van der Waals surface area contributed by atoms with E-state index in [0.717, 1.165) is 17.0 Å². The number of rotatable bonds is 4.